The van der Waals surface area contributed by atoms with Crippen molar-refractivity contribution in [3.8, 4) is 44.5 Å². The highest BCUT2D eigenvalue weighted by molar-refractivity contribution is 6.22. The summed E-state index contributed by atoms with van der Waals surface area (Å²) < 4.78 is 0. The Kier molecular flexibility index (Phi) is 5.73. The molecule has 13 rings (SSSR count). The molecule has 1 unspecified atom stereocenters. The van der Waals surface area contributed by atoms with Crippen molar-refractivity contribution >= 4 is 43.1 Å². The zero-order valence-electron chi connectivity index (χ0n) is 31.3. The maximum absolute atomic E-state index is 2.56. The maximum atomic E-state index is 2.56. The number of hydrogen-bond acceptors (Lipinski definition) is 0. The molecule has 10 aromatic carbocycles. The van der Waals surface area contributed by atoms with Crippen LogP contribution in [0.2, 0.25) is 0 Å². The number of benzene rings is 10. The first-order valence-corrected chi connectivity index (χ1v) is 19.9. The molecule has 0 fully saturated rings. The van der Waals surface area contributed by atoms with Crippen LogP contribution in [0.5, 0.6) is 0 Å². The van der Waals surface area contributed by atoms with E-state index in [1.54, 1.807) is 0 Å². The summed E-state index contributed by atoms with van der Waals surface area (Å²) in [6.07, 6.45) is 0. The summed E-state index contributed by atoms with van der Waals surface area (Å²) in [4.78, 5) is 0. The Morgan fingerprint density at radius 1 is 0.321 bits per heavy atom. The number of rotatable bonds is 1. The van der Waals surface area contributed by atoms with Crippen LogP contribution >= 0.6 is 0 Å². The van der Waals surface area contributed by atoms with Crippen LogP contribution in [0.25, 0.3) is 87.6 Å². The third-order valence-electron chi connectivity index (χ3n) is 13.8. The zero-order chi connectivity index (χ0) is 36.9. The first-order chi connectivity index (χ1) is 27.5. The van der Waals surface area contributed by atoms with Gasteiger partial charge in [0.2, 0.25) is 0 Å². The van der Waals surface area contributed by atoms with Gasteiger partial charge in [0.05, 0.1) is 5.41 Å². The van der Waals surface area contributed by atoms with E-state index in [4.69, 9.17) is 0 Å². The fraction of sp³-hybridized carbons (Fsp3) is 0.0714. The Hall–Kier alpha value is -6.76. The lowest BCUT2D eigenvalue weighted by atomic mass is 9.59. The number of fused-ring (bicyclic) bond motifs is 19. The monoisotopic (exact) mass is 708 g/mol. The van der Waals surface area contributed by atoms with Gasteiger partial charge in [0, 0.05) is 5.41 Å². The lowest BCUT2D eigenvalue weighted by molar-refractivity contribution is 0.661. The minimum Gasteiger partial charge on any atom is -0.0619 e. The van der Waals surface area contributed by atoms with Gasteiger partial charge in [-0.2, -0.15) is 0 Å². The summed E-state index contributed by atoms with van der Waals surface area (Å²) >= 11 is 0. The van der Waals surface area contributed by atoms with Crippen molar-refractivity contribution in [2.24, 2.45) is 0 Å². The van der Waals surface area contributed by atoms with Crippen molar-refractivity contribution in [3.05, 3.63) is 215 Å². The lowest BCUT2D eigenvalue weighted by Crippen LogP contribution is -2.32. The molecular weight excluding hydrogens is 673 g/mol. The van der Waals surface area contributed by atoms with Gasteiger partial charge in [0.25, 0.3) is 0 Å². The first kappa shape index (κ1) is 30.6. The van der Waals surface area contributed by atoms with E-state index >= 15 is 0 Å². The molecule has 3 aliphatic carbocycles. The highest BCUT2D eigenvalue weighted by atomic mass is 14.5. The molecule has 0 heteroatoms. The van der Waals surface area contributed by atoms with Crippen molar-refractivity contribution < 1.29 is 0 Å². The molecule has 0 radical (unpaired) electrons. The largest absolute Gasteiger partial charge is 0.0732 e. The molecule has 1 spiro atoms. The van der Waals surface area contributed by atoms with Crippen LogP contribution in [0.15, 0.2) is 182 Å². The average Bonchev–Trinajstić information content (AvgIpc) is 3.67. The molecule has 0 amide bonds. The van der Waals surface area contributed by atoms with Gasteiger partial charge < -0.3 is 0 Å². The second-order valence-electron chi connectivity index (χ2n) is 16.7. The fourth-order valence-electron chi connectivity index (χ4n) is 11.5. The van der Waals surface area contributed by atoms with Crippen molar-refractivity contribution in [1.82, 2.24) is 0 Å². The molecule has 0 nitrogen and oxygen atoms in total. The summed E-state index contributed by atoms with van der Waals surface area (Å²) in [7, 11) is 0. The van der Waals surface area contributed by atoms with Crippen LogP contribution in [0.3, 0.4) is 0 Å². The van der Waals surface area contributed by atoms with E-state index in [-0.39, 0.29) is 5.41 Å². The predicted molar refractivity (Wildman–Crippen MR) is 236 cm³/mol. The van der Waals surface area contributed by atoms with Gasteiger partial charge in [-0.05, 0) is 133 Å². The van der Waals surface area contributed by atoms with Crippen molar-refractivity contribution in [2.45, 2.75) is 24.7 Å². The van der Waals surface area contributed by atoms with Crippen molar-refractivity contribution in [1.29, 1.82) is 0 Å². The quantitative estimate of drug-likeness (QED) is 0.149. The Bertz CT molecular complexity index is 3390. The Morgan fingerprint density at radius 3 is 1.71 bits per heavy atom. The van der Waals surface area contributed by atoms with Crippen LogP contribution in [0.4, 0.5) is 0 Å². The van der Waals surface area contributed by atoms with E-state index in [9.17, 15) is 0 Å². The van der Waals surface area contributed by atoms with Crippen LogP contribution in [-0.4, -0.2) is 0 Å². The smallest absolute Gasteiger partial charge is 0.0619 e. The zero-order valence-corrected chi connectivity index (χ0v) is 31.3. The molecule has 0 aromatic heterocycles. The van der Waals surface area contributed by atoms with Gasteiger partial charge in [-0.3, -0.25) is 0 Å². The van der Waals surface area contributed by atoms with E-state index in [1.165, 1.54) is 121 Å². The molecule has 56 heavy (non-hydrogen) atoms. The summed E-state index contributed by atoms with van der Waals surface area (Å²) in [5.74, 6) is 0. The Morgan fingerprint density at radius 2 is 0.893 bits per heavy atom. The molecule has 260 valence electrons. The minimum absolute atomic E-state index is 0.111. The minimum atomic E-state index is -0.528. The fourth-order valence-corrected chi connectivity index (χ4v) is 11.5. The normalized spacial score (nSPS) is 16.6. The summed E-state index contributed by atoms with van der Waals surface area (Å²) in [5, 5.41) is 10.5. The molecule has 10 aromatic rings. The van der Waals surface area contributed by atoms with E-state index in [2.05, 4.69) is 196 Å². The summed E-state index contributed by atoms with van der Waals surface area (Å²) in [6, 6.07) is 69.5. The molecule has 0 N–H and O–H groups in total. The second-order valence-corrected chi connectivity index (χ2v) is 16.7. The average molecular weight is 709 g/mol. The maximum Gasteiger partial charge on any atom is 0.0732 e. The Labute approximate surface area is 326 Å². The number of hydrogen-bond donors (Lipinski definition) is 0. The van der Waals surface area contributed by atoms with E-state index in [0.717, 1.165) is 0 Å². The molecule has 0 heterocycles. The first-order valence-electron chi connectivity index (χ1n) is 19.9. The third kappa shape index (κ3) is 3.57. The summed E-state index contributed by atoms with van der Waals surface area (Å²) in [5.41, 5.74) is 18.3. The highest BCUT2D eigenvalue weighted by Gasteiger charge is 2.51. The van der Waals surface area contributed by atoms with Crippen LogP contribution in [0.1, 0.15) is 47.2 Å². The Balaban J connectivity index is 1.15. The van der Waals surface area contributed by atoms with Crippen LogP contribution in [0, 0.1) is 0 Å². The van der Waals surface area contributed by atoms with Crippen LogP contribution in [-0.2, 0) is 10.8 Å². The predicted octanol–water partition coefficient (Wildman–Crippen LogP) is 14.6. The van der Waals surface area contributed by atoms with Gasteiger partial charge >= 0.3 is 0 Å². The van der Waals surface area contributed by atoms with Gasteiger partial charge in [-0.1, -0.05) is 184 Å². The molecule has 0 aliphatic heterocycles. The molecule has 0 saturated heterocycles. The molecule has 3 aliphatic rings. The third-order valence-corrected chi connectivity index (χ3v) is 13.8. The van der Waals surface area contributed by atoms with Gasteiger partial charge in [0.1, 0.15) is 0 Å². The standard InChI is InChI=1S/C56H36/c1-55(2)47-30-27-33-13-3-4-16-37(33)52(47)44-29-26-35(31-49(44)55)36-25-28-41-40-19-9-10-23-46(40)56(50(41)32-36)48-24-12-15-34-14-11-22-45(51(34)48)53-42-20-7-5-17-38(42)39-18-6-8-21-43(39)54(53)56/h3-32H,1-2H3. The van der Waals surface area contributed by atoms with Gasteiger partial charge in [-0.15, -0.1) is 0 Å². The highest BCUT2D eigenvalue weighted by Crippen LogP contribution is 2.64. The summed E-state index contributed by atoms with van der Waals surface area (Å²) in [6.45, 7) is 4.80. The van der Waals surface area contributed by atoms with Crippen molar-refractivity contribution in [3.63, 3.8) is 0 Å². The second kappa shape index (κ2) is 10.5. The molecular formula is C56H36. The van der Waals surface area contributed by atoms with Crippen molar-refractivity contribution in [2.75, 3.05) is 0 Å². The lowest BCUT2D eigenvalue weighted by Gasteiger charge is -2.41. The van der Waals surface area contributed by atoms with E-state index in [0.29, 0.717) is 0 Å². The molecule has 1 atom stereocenters. The SMILES string of the molecule is CC1(C)c2cc(-c3ccc4c(c3)C3(c5ccccc5-4)c4c(c5ccccc5c5ccccc45)-c4cccc5cccc3c45)ccc2-c2c1ccc1ccccc21. The van der Waals surface area contributed by atoms with E-state index in [1.807, 2.05) is 0 Å². The molecule has 0 saturated carbocycles. The molecule has 0 bridgehead atoms. The van der Waals surface area contributed by atoms with Gasteiger partial charge in [0.15, 0.2) is 0 Å². The van der Waals surface area contributed by atoms with Crippen LogP contribution < -0.4 is 0 Å². The topological polar surface area (TPSA) is 0 Å². The van der Waals surface area contributed by atoms with Gasteiger partial charge in [-0.25, -0.2) is 0 Å². The van der Waals surface area contributed by atoms with E-state index < -0.39 is 5.41 Å².